The number of aliphatic hydroxyl groups is 1. The predicted molar refractivity (Wildman–Crippen MR) is 133 cm³/mol. The third-order valence-corrected chi connectivity index (χ3v) is 8.06. The van der Waals surface area contributed by atoms with E-state index >= 15 is 0 Å². The molecule has 0 saturated carbocycles. The van der Waals surface area contributed by atoms with Gasteiger partial charge in [-0.05, 0) is 52.0 Å². The first-order valence-corrected chi connectivity index (χ1v) is 15.2. The highest BCUT2D eigenvalue weighted by atomic mass is 28.3. The Morgan fingerprint density at radius 1 is 1.16 bits per heavy atom. The molecule has 1 aliphatic rings. The molecule has 0 radical (unpaired) electrons. The molecule has 5 nitrogen and oxygen atoms in total. The Morgan fingerprint density at radius 2 is 1.84 bits per heavy atom. The van der Waals surface area contributed by atoms with Crippen LogP contribution in [0.4, 0.5) is 0 Å². The average Bonchev–Trinajstić information content (AvgIpc) is 2.68. The van der Waals surface area contributed by atoms with Gasteiger partial charge in [0, 0.05) is 26.3 Å². The lowest BCUT2D eigenvalue weighted by atomic mass is 9.61. The number of unbranched alkanes of at least 4 members (excludes halogenated alkanes) is 1. The minimum absolute atomic E-state index is 0.340. The number of hydrogen-bond acceptors (Lipinski definition) is 5. The molecule has 1 unspecified atom stereocenters. The zero-order valence-corrected chi connectivity index (χ0v) is 21.8. The summed E-state index contributed by atoms with van der Waals surface area (Å²) in [5, 5.41) is 23.0. The molecule has 0 fully saturated rings. The molecular weight excluding hydrogens is 406 g/mol. The van der Waals surface area contributed by atoms with E-state index in [2.05, 4.69) is 51.6 Å². The fourth-order valence-corrected chi connectivity index (χ4v) is 4.72. The van der Waals surface area contributed by atoms with Crippen molar-refractivity contribution in [3.05, 3.63) is 34.9 Å². The van der Waals surface area contributed by atoms with Crippen molar-refractivity contribution in [1.82, 2.24) is 0 Å². The predicted octanol–water partition coefficient (Wildman–Crippen LogP) is 6.32. The van der Waals surface area contributed by atoms with Crippen molar-refractivity contribution < 1.29 is 19.8 Å². The van der Waals surface area contributed by atoms with Gasteiger partial charge in [-0.15, -0.1) is 5.16 Å². The first kappa shape index (κ1) is 27.8. The third kappa shape index (κ3) is 9.44. The van der Waals surface area contributed by atoms with E-state index in [9.17, 15) is 5.11 Å². The number of nitrogens with zero attached hydrogens (tertiary/aromatic N) is 1. The van der Waals surface area contributed by atoms with Crippen LogP contribution in [-0.4, -0.2) is 50.2 Å². The molecule has 0 heterocycles. The average molecular weight is 452 g/mol. The maximum absolute atomic E-state index is 11.5. The zero-order chi connectivity index (χ0) is 23.5. The Kier molecular flexibility index (Phi) is 11.4. The summed E-state index contributed by atoms with van der Waals surface area (Å²) < 4.78 is 11.4. The van der Waals surface area contributed by atoms with Crippen molar-refractivity contribution in [3.8, 4) is 0 Å². The first-order chi connectivity index (χ1) is 14.4. The van der Waals surface area contributed by atoms with Gasteiger partial charge in [0.05, 0.1) is 12.2 Å². The normalized spacial score (nSPS) is 22.8. The Bertz CT molecular complexity index is 673. The molecule has 2 N–H and O–H groups in total. The molecule has 0 aliphatic heterocycles. The molecule has 1 aliphatic carbocycles. The van der Waals surface area contributed by atoms with Crippen LogP contribution < -0.4 is 0 Å². The van der Waals surface area contributed by atoms with Gasteiger partial charge >= 0.3 is 0 Å². The molecule has 1 rings (SSSR count). The molecule has 0 amide bonds. The Balaban J connectivity index is 2.65. The second kappa shape index (κ2) is 12.7. The van der Waals surface area contributed by atoms with Crippen LogP contribution in [0.2, 0.25) is 25.7 Å². The Morgan fingerprint density at radius 3 is 2.48 bits per heavy atom. The molecule has 0 aromatic rings. The number of ether oxygens (including phenoxy) is 2. The molecule has 0 spiro atoms. The van der Waals surface area contributed by atoms with Crippen molar-refractivity contribution in [2.24, 2.45) is 10.6 Å². The molecule has 0 aromatic carbocycles. The number of rotatable bonds is 13. The highest BCUT2D eigenvalue weighted by molar-refractivity contribution is 6.76. The second-order valence-corrected chi connectivity index (χ2v) is 16.1. The molecule has 1 atom stereocenters. The molecule has 0 saturated heterocycles. The van der Waals surface area contributed by atoms with Crippen LogP contribution in [0.3, 0.4) is 0 Å². The smallest absolute Gasteiger partial charge is 0.146 e. The number of hydrogen-bond donors (Lipinski definition) is 2. The van der Waals surface area contributed by atoms with Crippen LogP contribution in [0.25, 0.3) is 0 Å². The number of allylic oxidation sites excluding steroid dienone is 4. The van der Waals surface area contributed by atoms with E-state index in [1.807, 2.05) is 19.1 Å². The highest BCUT2D eigenvalue weighted by Gasteiger charge is 2.46. The van der Waals surface area contributed by atoms with E-state index in [0.29, 0.717) is 19.8 Å². The summed E-state index contributed by atoms with van der Waals surface area (Å²) in [4.78, 5) is 0. The fraction of sp³-hybridized carbons (Fsp3) is 0.720. The van der Waals surface area contributed by atoms with Crippen molar-refractivity contribution >= 4 is 14.3 Å². The summed E-state index contributed by atoms with van der Waals surface area (Å²) in [6, 6.07) is 1.15. The Labute approximate surface area is 190 Å². The van der Waals surface area contributed by atoms with Gasteiger partial charge in [0.25, 0.3) is 0 Å². The van der Waals surface area contributed by atoms with E-state index in [1.54, 1.807) is 0 Å². The summed E-state index contributed by atoms with van der Waals surface area (Å²) in [5.74, 6) is 0. The second-order valence-electron chi connectivity index (χ2n) is 10.5. The van der Waals surface area contributed by atoms with E-state index in [1.165, 1.54) is 17.4 Å². The van der Waals surface area contributed by atoms with Gasteiger partial charge in [0.15, 0.2) is 0 Å². The summed E-state index contributed by atoms with van der Waals surface area (Å²) >= 11 is 0. The van der Waals surface area contributed by atoms with Gasteiger partial charge in [0.1, 0.15) is 6.79 Å². The Hall–Kier alpha value is -1.21. The maximum atomic E-state index is 11.5. The SMILES string of the molecule is CC1=C(CCOCOCC[Si](C)(C)C)C(C)(C)C(O)(/C=C/C(C)=C\CC/C=N/O)CC1. The van der Waals surface area contributed by atoms with Crippen molar-refractivity contribution in [2.45, 2.75) is 91.1 Å². The molecule has 0 bridgehead atoms. The summed E-state index contributed by atoms with van der Waals surface area (Å²) in [6.07, 6.45) is 11.5. The quantitative estimate of drug-likeness (QED) is 0.0502. The van der Waals surface area contributed by atoms with Crippen LogP contribution in [0.5, 0.6) is 0 Å². The minimum Gasteiger partial charge on any atom is -0.411 e. The highest BCUT2D eigenvalue weighted by Crippen LogP contribution is 2.49. The van der Waals surface area contributed by atoms with Gasteiger partial charge in [-0.1, -0.05) is 68.4 Å². The summed E-state index contributed by atoms with van der Waals surface area (Å²) in [6.45, 7) is 17.2. The third-order valence-electron chi connectivity index (χ3n) is 6.36. The zero-order valence-electron chi connectivity index (χ0n) is 20.8. The van der Waals surface area contributed by atoms with E-state index in [4.69, 9.17) is 14.7 Å². The topological polar surface area (TPSA) is 71.3 Å². The lowest BCUT2D eigenvalue weighted by Crippen LogP contribution is -2.47. The van der Waals surface area contributed by atoms with Crippen molar-refractivity contribution in [1.29, 1.82) is 0 Å². The van der Waals surface area contributed by atoms with Gasteiger partial charge in [-0.3, -0.25) is 0 Å². The lowest BCUT2D eigenvalue weighted by molar-refractivity contribution is -0.0538. The van der Waals surface area contributed by atoms with Gasteiger partial charge in [-0.25, -0.2) is 0 Å². The van der Waals surface area contributed by atoms with E-state index < -0.39 is 13.7 Å². The molecule has 0 aromatic heterocycles. The minimum atomic E-state index is -1.07. The monoisotopic (exact) mass is 451 g/mol. The van der Waals surface area contributed by atoms with E-state index in [0.717, 1.165) is 43.9 Å². The number of oxime groups is 1. The maximum Gasteiger partial charge on any atom is 0.146 e. The van der Waals surface area contributed by atoms with Crippen molar-refractivity contribution in [3.63, 3.8) is 0 Å². The molecule has 31 heavy (non-hydrogen) atoms. The van der Waals surface area contributed by atoms with Gasteiger partial charge in [-0.2, -0.15) is 0 Å². The lowest BCUT2D eigenvalue weighted by Gasteiger charge is -2.47. The van der Waals surface area contributed by atoms with Gasteiger partial charge < -0.3 is 19.8 Å². The summed E-state index contributed by atoms with van der Waals surface area (Å²) in [5.41, 5.74) is 2.49. The van der Waals surface area contributed by atoms with Crippen LogP contribution in [-0.2, 0) is 9.47 Å². The largest absolute Gasteiger partial charge is 0.411 e. The first-order valence-electron chi connectivity index (χ1n) is 11.5. The van der Waals surface area contributed by atoms with Gasteiger partial charge in [0.2, 0.25) is 0 Å². The van der Waals surface area contributed by atoms with Crippen LogP contribution in [0.1, 0.15) is 59.8 Å². The van der Waals surface area contributed by atoms with E-state index in [-0.39, 0.29) is 5.41 Å². The molecule has 178 valence electrons. The van der Waals surface area contributed by atoms with Crippen molar-refractivity contribution in [2.75, 3.05) is 20.0 Å². The molecular formula is C25H45NO4Si. The van der Waals surface area contributed by atoms with Crippen LogP contribution in [0, 0.1) is 5.41 Å². The van der Waals surface area contributed by atoms with Crippen LogP contribution in [0.15, 0.2) is 40.1 Å². The standard InChI is InChI=1S/C25H45NO4Si/c1-21(10-8-9-16-26-28)11-14-25(27)15-12-22(2)23(24(25,3)4)13-17-29-20-30-18-19-31(5,6)7/h10-11,14,16,27-28H,8-9,12-13,15,17-20H2,1-7H3/b14-11+,21-10-,26-16+. The summed E-state index contributed by atoms with van der Waals surface area (Å²) in [7, 11) is -1.07. The fourth-order valence-electron chi connectivity index (χ4n) is 3.96. The van der Waals surface area contributed by atoms with Crippen LogP contribution >= 0.6 is 0 Å². The molecule has 6 heteroatoms.